The molecule has 26 heavy (non-hydrogen) atoms. The molecule has 1 aromatic carbocycles. The van der Waals surface area contributed by atoms with Gasteiger partial charge in [0.15, 0.2) is 4.90 Å². The Bertz CT molecular complexity index is 945. The minimum atomic E-state index is -4.50. The number of hydrogen-bond donors (Lipinski definition) is 1. The summed E-state index contributed by atoms with van der Waals surface area (Å²) in [6.07, 6.45) is 3.68. The van der Waals surface area contributed by atoms with Crippen LogP contribution in [0.3, 0.4) is 0 Å². The fraction of sp³-hybridized carbons (Fsp3) is 0.375. The zero-order valence-electron chi connectivity index (χ0n) is 13.8. The Kier molecular flexibility index (Phi) is 5.04. The summed E-state index contributed by atoms with van der Waals surface area (Å²) in [5.74, 6) is -2.63. The van der Waals surface area contributed by atoms with Gasteiger partial charge in [0.25, 0.3) is 0 Å². The number of hydrogen-bond acceptors (Lipinski definition) is 5. The average Bonchev–Trinajstić information content (AvgIpc) is 3.00. The smallest absolute Gasteiger partial charge is 0.246 e. The van der Waals surface area contributed by atoms with Crippen LogP contribution >= 0.6 is 0 Å². The summed E-state index contributed by atoms with van der Waals surface area (Å²) in [5.41, 5.74) is 0.369. The summed E-state index contributed by atoms with van der Waals surface area (Å²) in [5, 5.41) is 12.8. The number of nitrogens with one attached hydrogen (secondary N) is 1. The van der Waals surface area contributed by atoms with Crippen LogP contribution in [0.5, 0.6) is 0 Å². The third-order valence-electron chi connectivity index (χ3n) is 4.08. The molecule has 10 heteroatoms. The maximum absolute atomic E-state index is 14.1. The van der Waals surface area contributed by atoms with Gasteiger partial charge in [0.1, 0.15) is 17.7 Å². The summed E-state index contributed by atoms with van der Waals surface area (Å²) in [4.78, 5) is -1.10. The summed E-state index contributed by atoms with van der Waals surface area (Å²) in [6, 6.07) is 2.25. The second-order valence-corrected chi connectivity index (χ2v) is 7.64. The molecule has 3 rings (SSSR count). The van der Waals surface area contributed by atoms with Gasteiger partial charge in [0.2, 0.25) is 10.0 Å². The van der Waals surface area contributed by atoms with Crippen molar-refractivity contribution < 1.29 is 21.9 Å². The first kappa shape index (κ1) is 18.4. The molecule has 1 saturated heterocycles. The lowest BCUT2D eigenvalue weighted by Gasteiger charge is -2.31. The predicted molar refractivity (Wildman–Crippen MR) is 86.3 cm³/mol. The number of benzene rings is 1. The molecule has 1 aliphatic rings. The van der Waals surface area contributed by atoms with E-state index in [1.165, 1.54) is 0 Å². The van der Waals surface area contributed by atoms with Crippen molar-refractivity contribution >= 4 is 10.0 Å². The maximum Gasteiger partial charge on any atom is 0.246 e. The molecule has 1 aromatic heterocycles. The third kappa shape index (κ3) is 3.60. The van der Waals surface area contributed by atoms with Crippen molar-refractivity contribution in [3.05, 3.63) is 47.3 Å². The van der Waals surface area contributed by atoms with Crippen molar-refractivity contribution in [3.8, 4) is 6.07 Å². The van der Waals surface area contributed by atoms with Crippen LogP contribution in [-0.2, 0) is 21.8 Å². The van der Waals surface area contributed by atoms with E-state index in [0.717, 1.165) is 0 Å². The van der Waals surface area contributed by atoms with Crippen molar-refractivity contribution in [2.24, 2.45) is 7.05 Å². The first-order valence-electron chi connectivity index (χ1n) is 7.83. The minimum Gasteiger partial charge on any atom is -0.372 e. The molecule has 1 fully saturated rings. The zero-order chi connectivity index (χ0) is 18.9. The van der Waals surface area contributed by atoms with E-state index in [0.29, 0.717) is 37.1 Å². The zero-order valence-corrected chi connectivity index (χ0v) is 14.6. The number of aromatic nitrogens is 2. The van der Waals surface area contributed by atoms with E-state index in [-0.39, 0.29) is 5.56 Å². The number of halogens is 2. The molecule has 7 nitrogen and oxygen atoms in total. The Labute approximate surface area is 149 Å². The van der Waals surface area contributed by atoms with Gasteiger partial charge in [-0.1, -0.05) is 0 Å². The molecule has 0 saturated carbocycles. The number of rotatable bonds is 4. The van der Waals surface area contributed by atoms with E-state index < -0.39 is 38.7 Å². The van der Waals surface area contributed by atoms with Gasteiger partial charge in [0.05, 0.1) is 23.9 Å². The number of ether oxygens (including phenoxy) is 1. The second kappa shape index (κ2) is 7.11. The van der Waals surface area contributed by atoms with Gasteiger partial charge >= 0.3 is 0 Å². The molecule has 0 unspecified atom stereocenters. The van der Waals surface area contributed by atoms with Crippen molar-refractivity contribution in [2.75, 3.05) is 6.61 Å². The van der Waals surface area contributed by atoms with Crippen molar-refractivity contribution in [1.82, 2.24) is 14.5 Å². The highest BCUT2D eigenvalue weighted by molar-refractivity contribution is 7.89. The van der Waals surface area contributed by atoms with E-state index in [1.54, 1.807) is 30.2 Å². The molecule has 1 N–H and O–H groups in total. The molecule has 2 heterocycles. The molecule has 0 aliphatic carbocycles. The monoisotopic (exact) mass is 382 g/mol. The average molecular weight is 382 g/mol. The lowest BCUT2D eigenvalue weighted by Crippen LogP contribution is -2.43. The maximum atomic E-state index is 14.1. The molecular weight excluding hydrogens is 366 g/mol. The van der Waals surface area contributed by atoms with Crippen molar-refractivity contribution in [2.45, 2.75) is 29.9 Å². The lowest BCUT2D eigenvalue weighted by atomic mass is 9.99. The number of nitrogens with zero attached hydrogens (tertiary/aromatic N) is 3. The first-order valence-corrected chi connectivity index (χ1v) is 9.32. The second-order valence-electron chi connectivity index (χ2n) is 5.99. The van der Waals surface area contributed by atoms with Gasteiger partial charge < -0.3 is 4.74 Å². The van der Waals surface area contributed by atoms with Gasteiger partial charge in [-0.25, -0.2) is 21.9 Å². The van der Waals surface area contributed by atoms with E-state index in [2.05, 4.69) is 9.82 Å². The number of sulfonamides is 1. The molecule has 0 spiro atoms. The van der Waals surface area contributed by atoms with Gasteiger partial charge in [-0.2, -0.15) is 10.4 Å². The van der Waals surface area contributed by atoms with Gasteiger partial charge in [0, 0.05) is 25.4 Å². The number of nitriles is 1. The van der Waals surface area contributed by atoms with E-state index >= 15 is 0 Å². The van der Waals surface area contributed by atoms with E-state index in [4.69, 9.17) is 10.00 Å². The standard InChI is InChI=1S/C16H16F2N4O3S/c1-22-9-11(8-20-22)15-14(3-2-4-25-15)21-26(23,24)16-12(17)5-10(7-19)6-13(16)18/h5-6,8-9,14-15,21H,2-4H2,1H3/t14-,15+/m0/s1. The van der Waals surface area contributed by atoms with Crippen LogP contribution in [-0.4, -0.2) is 30.8 Å². The van der Waals surface area contributed by atoms with Crippen molar-refractivity contribution in [1.29, 1.82) is 5.26 Å². The molecule has 2 aromatic rings. The fourth-order valence-corrected chi connectivity index (χ4v) is 4.35. The SMILES string of the molecule is Cn1cc([C@H]2OCCC[C@@H]2NS(=O)(=O)c2c(F)cc(C#N)cc2F)cn1. The van der Waals surface area contributed by atoms with Gasteiger partial charge in [-0.05, 0) is 25.0 Å². The largest absolute Gasteiger partial charge is 0.372 e. The Morgan fingerprint density at radius 3 is 2.65 bits per heavy atom. The van der Waals surface area contributed by atoms with E-state index in [1.807, 2.05) is 0 Å². The summed E-state index contributed by atoms with van der Waals surface area (Å²) < 4.78 is 62.9. The Hall–Kier alpha value is -2.35. The molecule has 138 valence electrons. The Balaban J connectivity index is 1.92. The van der Waals surface area contributed by atoms with Crippen LogP contribution in [0.15, 0.2) is 29.4 Å². The molecule has 1 aliphatic heterocycles. The summed E-state index contributed by atoms with van der Waals surface area (Å²) in [7, 11) is -2.78. The van der Waals surface area contributed by atoms with Crippen LogP contribution in [0, 0.1) is 23.0 Å². The summed E-state index contributed by atoms with van der Waals surface area (Å²) >= 11 is 0. The summed E-state index contributed by atoms with van der Waals surface area (Å²) in [6.45, 7) is 0.442. The topological polar surface area (TPSA) is 97.0 Å². The molecule has 2 atom stereocenters. The quantitative estimate of drug-likeness (QED) is 0.869. The highest BCUT2D eigenvalue weighted by atomic mass is 32.2. The van der Waals surface area contributed by atoms with Crippen LogP contribution < -0.4 is 4.72 Å². The fourth-order valence-electron chi connectivity index (χ4n) is 2.96. The Morgan fingerprint density at radius 1 is 1.38 bits per heavy atom. The minimum absolute atomic E-state index is 0.298. The highest BCUT2D eigenvalue weighted by Gasteiger charge is 2.34. The normalized spacial score (nSPS) is 20.7. The van der Waals surface area contributed by atoms with Crippen LogP contribution in [0.25, 0.3) is 0 Å². The van der Waals surface area contributed by atoms with Gasteiger partial charge in [-0.15, -0.1) is 0 Å². The van der Waals surface area contributed by atoms with Crippen molar-refractivity contribution in [3.63, 3.8) is 0 Å². The third-order valence-corrected chi connectivity index (χ3v) is 5.62. The lowest BCUT2D eigenvalue weighted by molar-refractivity contribution is -0.00449. The molecule has 0 radical (unpaired) electrons. The van der Waals surface area contributed by atoms with Crippen LogP contribution in [0.4, 0.5) is 8.78 Å². The van der Waals surface area contributed by atoms with Crippen LogP contribution in [0.1, 0.15) is 30.1 Å². The van der Waals surface area contributed by atoms with Gasteiger partial charge in [-0.3, -0.25) is 4.68 Å². The Morgan fingerprint density at radius 2 is 2.08 bits per heavy atom. The molecule has 0 bridgehead atoms. The molecular formula is C16H16F2N4O3S. The first-order chi connectivity index (χ1) is 12.3. The highest BCUT2D eigenvalue weighted by Crippen LogP contribution is 2.30. The number of aryl methyl sites for hydroxylation is 1. The van der Waals surface area contributed by atoms with E-state index in [9.17, 15) is 17.2 Å². The van der Waals surface area contributed by atoms with Crippen LogP contribution in [0.2, 0.25) is 0 Å². The predicted octanol–water partition coefficient (Wildman–Crippen LogP) is 1.77. The molecule has 0 amide bonds.